The summed E-state index contributed by atoms with van der Waals surface area (Å²) in [6.07, 6.45) is 4.66. The molecule has 226 valence electrons. The van der Waals surface area contributed by atoms with E-state index in [1.54, 1.807) is 32.0 Å². The van der Waals surface area contributed by atoms with Crippen molar-refractivity contribution in [2.75, 3.05) is 0 Å². The molecule has 0 spiro atoms. The molecule has 0 aliphatic rings. The van der Waals surface area contributed by atoms with Crippen molar-refractivity contribution in [3.63, 3.8) is 0 Å². The van der Waals surface area contributed by atoms with Gasteiger partial charge in [-0.2, -0.15) is 0 Å². The first-order valence-electron chi connectivity index (χ1n) is 14.5. The van der Waals surface area contributed by atoms with Crippen LogP contribution in [0.5, 0.6) is 11.5 Å². The zero-order valence-corrected chi connectivity index (χ0v) is 25.4. The van der Waals surface area contributed by atoms with Gasteiger partial charge in [-0.15, -0.1) is 0 Å². The van der Waals surface area contributed by atoms with E-state index in [9.17, 15) is 19.2 Å². The Morgan fingerprint density at radius 2 is 1.30 bits per heavy atom. The molecular weight excluding hydrogens is 514 g/mol. The normalized spacial score (nSPS) is 13.6. The highest BCUT2D eigenvalue weighted by molar-refractivity contribution is 5.77. The SMILES string of the molecule is CCCCCC(=O)Oc1ccc(C[C@H](N)C(=O)O[C@@H](C)[C@H](C)OC(=O)CC(C)(C)C)cc1OC(=O)CCCCC. The van der Waals surface area contributed by atoms with Gasteiger partial charge >= 0.3 is 23.9 Å². The minimum absolute atomic E-state index is 0.0921. The molecule has 0 aliphatic carbocycles. The first-order valence-corrected chi connectivity index (χ1v) is 14.5. The van der Waals surface area contributed by atoms with Crippen molar-refractivity contribution in [3.8, 4) is 11.5 Å². The van der Waals surface area contributed by atoms with Gasteiger partial charge in [-0.1, -0.05) is 66.4 Å². The van der Waals surface area contributed by atoms with Gasteiger partial charge in [0.25, 0.3) is 0 Å². The Morgan fingerprint density at radius 1 is 0.775 bits per heavy atom. The minimum Gasteiger partial charge on any atom is -0.459 e. The van der Waals surface area contributed by atoms with Crippen LogP contribution in [0.1, 0.15) is 112 Å². The van der Waals surface area contributed by atoms with Crippen LogP contribution < -0.4 is 15.2 Å². The number of carbonyl (C=O) groups excluding carboxylic acids is 4. The van der Waals surface area contributed by atoms with E-state index < -0.39 is 36.2 Å². The maximum Gasteiger partial charge on any atom is 0.323 e. The summed E-state index contributed by atoms with van der Waals surface area (Å²) in [5.41, 5.74) is 6.51. The Hall–Kier alpha value is -2.94. The second kappa shape index (κ2) is 17.7. The Kier molecular flexibility index (Phi) is 15.5. The summed E-state index contributed by atoms with van der Waals surface area (Å²) in [5, 5.41) is 0. The van der Waals surface area contributed by atoms with Gasteiger partial charge in [0, 0.05) is 12.8 Å². The highest BCUT2D eigenvalue weighted by atomic mass is 16.6. The molecule has 1 aromatic carbocycles. The maximum absolute atomic E-state index is 12.7. The van der Waals surface area contributed by atoms with Crippen LogP contribution >= 0.6 is 0 Å². The first kappa shape index (κ1) is 35.1. The smallest absolute Gasteiger partial charge is 0.323 e. The summed E-state index contributed by atoms with van der Waals surface area (Å²) in [7, 11) is 0. The lowest BCUT2D eigenvalue weighted by Crippen LogP contribution is -2.39. The number of unbranched alkanes of at least 4 members (excludes halogenated alkanes) is 4. The van der Waals surface area contributed by atoms with Gasteiger partial charge in [-0.25, -0.2) is 0 Å². The second-order valence-electron chi connectivity index (χ2n) is 11.5. The standard InChI is InChI=1S/C31H49NO8/c1-8-10-12-14-27(33)39-25-17-16-23(19-26(25)40-28(34)15-13-11-9-2)18-24(32)30(36)38-22(4)21(3)37-29(35)20-31(5,6)7/h16-17,19,21-22,24H,8-15,18,20,32H2,1-7H3/t21-,22-,24-/m0/s1. The highest BCUT2D eigenvalue weighted by Crippen LogP contribution is 2.30. The van der Waals surface area contributed by atoms with E-state index in [1.165, 1.54) is 0 Å². The van der Waals surface area contributed by atoms with Gasteiger partial charge in [0.05, 0.1) is 6.42 Å². The van der Waals surface area contributed by atoms with Crippen LogP contribution in [-0.2, 0) is 35.1 Å². The van der Waals surface area contributed by atoms with Gasteiger partial charge in [0.1, 0.15) is 18.2 Å². The van der Waals surface area contributed by atoms with Crippen LogP contribution in [-0.4, -0.2) is 42.1 Å². The van der Waals surface area contributed by atoms with E-state index in [1.807, 2.05) is 34.6 Å². The molecule has 9 nitrogen and oxygen atoms in total. The molecule has 0 unspecified atom stereocenters. The van der Waals surface area contributed by atoms with Crippen LogP contribution in [0.15, 0.2) is 18.2 Å². The highest BCUT2D eigenvalue weighted by Gasteiger charge is 2.26. The zero-order chi connectivity index (χ0) is 30.3. The summed E-state index contributed by atoms with van der Waals surface area (Å²) in [6, 6.07) is 3.74. The largest absolute Gasteiger partial charge is 0.459 e. The Balaban J connectivity index is 2.88. The van der Waals surface area contributed by atoms with Crippen LogP contribution in [0.2, 0.25) is 0 Å². The fraction of sp³-hybridized carbons (Fsp3) is 0.677. The molecule has 3 atom stereocenters. The number of rotatable bonds is 17. The van der Waals surface area contributed by atoms with Gasteiger partial charge in [-0.05, 0) is 56.2 Å². The fourth-order valence-electron chi connectivity index (χ4n) is 3.71. The minimum atomic E-state index is -1.02. The molecule has 0 amide bonds. The number of ether oxygens (including phenoxy) is 4. The monoisotopic (exact) mass is 563 g/mol. The second-order valence-corrected chi connectivity index (χ2v) is 11.5. The molecule has 0 radical (unpaired) electrons. The average molecular weight is 564 g/mol. The van der Waals surface area contributed by atoms with Gasteiger partial charge in [0.15, 0.2) is 11.5 Å². The topological polar surface area (TPSA) is 131 Å². The molecule has 0 aromatic heterocycles. The third kappa shape index (κ3) is 14.4. The van der Waals surface area contributed by atoms with Gasteiger partial charge in [-0.3, -0.25) is 19.2 Å². The maximum atomic E-state index is 12.7. The molecule has 9 heteroatoms. The number of hydrogen-bond donors (Lipinski definition) is 1. The van der Waals surface area contributed by atoms with Crippen molar-refractivity contribution < 1.29 is 38.1 Å². The summed E-state index contributed by atoms with van der Waals surface area (Å²) in [5.74, 6) is -1.61. The van der Waals surface area contributed by atoms with Crippen molar-refractivity contribution in [2.45, 2.75) is 131 Å². The van der Waals surface area contributed by atoms with E-state index in [-0.39, 0.29) is 48.6 Å². The van der Waals surface area contributed by atoms with Crippen molar-refractivity contribution >= 4 is 23.9 Å². The molecule has 0 fully saturated rings. The van der Waals surface area contributed by atoms with Crippen LogP contribution in [0.4, 0.5) is 0 Å². The predicted octanol–water partition coefficient (Wildman–Crippen LogP) is 5.83. The predicted molar refractivity (Wildman–Crippen MR) is 153 cm³/mol. The Morgan fingerprint density at radius 3 is 1.82 bits per heavy atom. The first-order chi connectivity index (χ1) is 18.7. The lowest BCUT2D eigenvalue weighted by Gasteiger charge is -2.24. The summed E-state index contributed by atoms with van der Waals surface area (Å²) < 4.78 is 21.9. The number of benzene rings is 1. The van der Waals surface area contributed by atoms with Crippen LogP contribution in [0.25, 0.3) is 0 Å². The molecule has 40 heavy (non-hydrogen) atoms. The quantitative estimate of drug-likeness (QED) is 0.141. The fourth-order valence-corrected chi connectivity index (χ4v) is 3.71. The van der Waals surface area contributed by atoms with Gasteiger partial charge in [0.2, 0.25) is 0 Å². The third-order valence-corrected chi connectivity index (χ3v) is 6.14. The molecule has 0 heterocycles. The van der Waals surface area contributed by atoms with Gasteiger partial charge < -0.3 is 24.7 Å². The van der Waals surface area contributed by atoms with Crippen molar-refractivity contribution in [1.82, 2.24) is 0 Å². The van der Waals surface area contributed by atoms with Crippen molar-refractivity contribution in [3.05, 3.63) is 23.8 Å². The zero-order valence-electron chi connectivity index (χ0n) is 25.4. The van der Waals surface area contributed by atoms with Crippen molar-refractivity contribution in [1.29, 1.82) is 0 Å². The molecule has 1 aromatic rings. The number of nitrogens with two attached hydrogens (primary N) is 1. The average Bonchev–Trinajstić information content (AvgIpc) is 2.84. The molecule has 0 saturated carbocycles. The number of esters is 4. The van der Waals surface area contributed by atoms with E-state index in [2.05, 4.69) is 0 Å². The number of carbonyl (C=O) groups is 4. The molecule has 2 N–H and O–H groups in total. The lowest BCUT2D eigenvalue weighted by molar-refractivity contribution is -0.167. The molecule has 0 aliphatic heterocycles. The van der Waals surface area contributed by atoms with Crippen molar-refractivity contribution in [2.24, 2.45) is 11.1 Å². The lowest BCUT2D eigenvalue weighted by atomic mass is 9.92. The summed E-state index contributed by atoms with van der Waals surface area (Å²) in [4.78, 5) is 49.5. The molecule has 0 bridgehead atoms. The molecule has 0 saturated heterocycles. The van der Waals surface area contributed by atoms with E-state index in [0.717, 1.165) is 25.7 Å². The molecule has 1 rings (SSSR count). The van der Waals surface area contributed by atoms with Crippen LogP contribution in [0.3, 0.4) is 0 Å². The number of hydrogen-bond acceptors (Lipinski definition) is 9. The molecular formula is C31H49NO8. The van der Waals surface area contributed by atoms with E-state index in [4.69, 9.17) is 24.7 Å². The third-order valence-electron chi connectivity index (χ3n) is 6.14. The summed E-state index contributed by atoms with van der Waals surface area (Å²) in [6.45, 7) is 13.2. The summed E-state index contributed by atoms with van der Waals surface area (Å²) >= 11 is 0. The van der Waals surface area contributed by atoms with E-state index >= 15 is 0 Å². The van der Waals surface area contributed by atoms with Crippen LogP contribution in [0, 0.1) is 5.41 Å². The Labute approximate surface area is 239 Å². The Bertz CT molecular complexity index is 969. The van der Waals surface area contributed by atoms with E-state index in [0.29, 0.717) is 18.4 Å².